The predicted molar refractivity (Wildman–Crippen MR) is 76.4 cm³/mol. The summed E-state index contributed by atoms with van der Waals surface area (Å²) in [5.41, 5.74) is 6.81. The fourth-order valence-corrected chi connectivity index (χ4v) is 1.93. The van der Waals surface area contributed by atoms with Crippen LogP contribution in [-0.4, -0.2) is 18.7 Å². The van der Waals surface area contributed by atoms with Gasteiger partial charge in [0, 0.05) is 0 Å². The Kier molecular flexibility index (Phi) is 5.67. The number of nitrogen functional groups attached to an aromatic ring is 1. The Morgan fingerprint density at radius 2 is 2.00 bits per heavy atom. The minimum absolute atomic E-state index is 0.0933. The van der Waals surface area contributed by atoms with Crippen molar-refractivity contribution >= 4 is 11.7 Å². The third-order valence-corrected chi connectivity index (χ3v) is 2.65. The molecule has 0 heterocycles. The first-order chi connectivity index (χ1) is 8.93. The summed E-state index contributed by atoms with van der Waals surface area (Å²) in [7, 11) is 0. The molecule has 0 aliphatic rings. The fourth-order valence-electron chi connectivity index (χ4n) is 1.93. The number of hydrogen-bond donors (Lipinski definition) is 1. The average Bonchev–Trinajstić information content (AvgIpc) is 2.31. The number of ether oxygens (including phenoxy) is 2. The largest absolute Gasteiger partial charge is 0.489 e. The lowest BCUT2D eigenvalue weighted by atomic mass is 10.1. The number of anilines is 1. The van der Waals surface area contributed by atoms with Gasteiger partial charge in [-0.1, -0.05) is 13.8 Å². The second-order valence-corrected chi connectivity index (χ2v) is 5.03. The summed E-state index contributed by atoms with van der Waals surface area (Å²) in [6, 6.07) is 4.99. The van der Waals surface area contributed by atoms with Gasteiger partial charge in [0.25, 0.3) is 0 Å². The Morgan fingerprint density at radius 3 is 2.53 bits per heavy atom. The molecule has 0 radical (unpaired) electrons. The zero-order valence-corrected chi connectivity index (χ0v) is 12.1. The molecule has 1 rings (SSSR count). The van der Waals surface area contributed by atoms with Crippen LogP contribution in [0.3, 0.4) is 0 Å². The van der Waals surface area contributed by atoms with Crippen molar-refractivity contribution < 1.29 is 14.3 Å². The van der Waals surface area contributed by atoms with Gasteiger partial charge in [0.15, 0.2) is 0 Å². The summed E-state index contributed by atoms with van der Waals surface area (Å²) in [6.45, 7) is 8.42. The van der Waals surface area contributed by atoms with Crippen LogP contribution in [0.4, 0.5) is 5.69 Å². The first-order valence-electron chi connectivity index (χ1n) is 6.67. The second kappa shape index (κ2) is 7.02. The zero-order chi connectivity index (χ0) is 14.4. The molecule has 106 valence electrons. The quantitative estimate of drug-likeness (QED) is 0.633. The maximum absolute atomic E-state index is 11.6. The minimum atomic E-state index is -0.365. The first-order valence-corrected chi connectivity index (χ1v) is 6.67. The monoisotopic (exact) mass is 265 g/mol. The van der Waals surface area contributed by atoms with Crippen LogP contribution in [0.25, 0.3) is 0 Å². The van der Waals surface area contributed by atoms with E-state index in [0.717, 1.165) is 6.42 Å². The molecular formula is C15H23NO3. The number of rotatable bonds is 6. The molecule has 0 aliphatic carbocycles. The van der Waals surface area contributed by atoms with E-state index < -0.39 is 0 Å². The first kappa shape index (κ1) is 15.3. The lowest BCUT2D eigenvalue weighted by Crippen LogP contribution is -2.15. The van der Waals surface area contributed by atoms with E-state index >= 15 is 0 Å². The number of benzene rings is 1. The van der Waals surface area contributed by atoms with Gasteiger partial charge in [-0.05, 0) is 44.4 Å². The molecule has 1 atom stereocenters. The van der Waals surface area contributed by atoms with Crippen molar-refractivity contribution in [1.82, 2.24) is 0 Å². The van der Waals surface area contributed by atoms with Crippen LogP contribution < -0.4 is 10.5 Å². The molecule has 1 unspecified atom stereocenters. The topological polar surface area (TPSA) is 61.5 Å². The van der Waals surface area contributed by atoms with Crippen molar-refractivity contribution in [1.29, 1.82) is 0 Å². The third kappa shape index (κ3) is 4.81. The van der Waals surface area contributed by atoms with Gasteiger partial charge in [-0.3, -0.25) is 0 Å². The molecule has 4 nitrogen and oxygen atoms in total. The maximum atomic E-state index is 11.6. The zero-order valence-electron chi connectivity index (χ0n) is 12.1. The van der Waals surface area contributed by atoms with E-state index in [1.54, 1.807) is 25.1 Å². The van der Waals surface area contributed by atoms with Crippen molar-refractivity contribution in [2.75, 3.05) is 12.3 Å². The molecule has 2 N–H and O–H groups in total. The van der Waals surface area contributed by atoms with Crippen LogP contribution in [0.1, 0.15) is 44.5 Å². The van der Waals surface area contributed by atoms with Gasteiger partial charge in [-0.15, -0.1) is 0 Å². The lowest BCUT2D eigenvalue weighted by molar-refractivity contribution is 0.0526. The fraction of sp³-hybridized carbons (Fsp3) is 0.533. The van der Waals surface area contributed by atoms with Crippen molar-refractivity contribution in [3.05, 3.63) is 23.8 Å². The van der Waals surface area contributed by atoms with Gasteiger partial charge in [0.05, 0.1) is 24.0 Å². The normalized spacial score (nSPS) is 12.3. The Morgan fingerprint density at radius 1 is 1.32 bits per heavy atom. The van der Waals surface area contributed by atoms with Gasteiger partial charge in [-0.25, -0.2) is 4.79 Å². The molecule has 0 saturated heterocycles. The van der Waals surface area contributed by atoms with Crippen LogP contribution in [0, 0.1) is 5.92 Å². The minimum Gasteiger partial charge on any atom is -0.489 e. The highest BCUT2D eigenvalue weighted by atomic mass is 16.5. The lowest BCUT2D eigenvalue weighted by Gasteiger charge is -2.18. The van der Waals surface area contributed by atoms with Gasteiger partial charge in [0.1, 0.15) is 5.75 Å². The molecule has 0 bridgehead atoms. The number of carbonyl (C=O) groups excluding carboxylic acids is 1. The van der Waals surface area contributed by atoms with E-state index in [2.05, 4.69) is 13.8 Å². The van der Waals surface area contributed by atoms with Crippen LogP contribution in [0.5, 0.6) is 5.75 Å². The van der Waals surface area contributed by atoms with Crippen molar-refractivity contribution in [2.45, 2.75) is 40.2 Å². The molecule has 4 heteroatoms. The van der Waals surface area contributed by atoms with Crippen molar-refractivity contribution in [3.63, 3.8) is 0 Å². The van der Waals surface area contributed by atoms with Gasteiger partial charge in [-0.2, -0.15) is 0 Å². The standard InChI is InChI=1S/C15H23NO3/c1-5-18-15(17)12-6-7-14(13(16)9-12)19-11(4)8-10(2)3/h6-7,9-11H,5,8,16H2,1-4H3. The highest BCUT2D eigenvalue weighted by molar-refractivity contribution is 5.91. The van der Waals surface area contributed by atoms with E-state index in [4.69, 9.17) is 15.2 Å². The maximum Gasteiger partial charge on any atom is 0.338 e. The van der Waals surface area contributed by atoms with Crippen molar-refractivity contribution in [2.24, 2.45) is 5.92 Å². The SMILES string of the molecule is CCOC(=O)c1ccc(OC(C)CC(C)C)c(N)c1. The number of hydrogen-bond acceptors (Lipinski definition) is 4. The highest BCUT2D eigenvalue weighted by Gasteiger charge is 2.12. The van der Waals surface area contributed by atoms with Gasteiger partial charge >= 0.3 is 5.97 Å². The predicted octanol–water partition coefficient (Wildman–Crippen LogP) is 3.26. The van der Waals surface area contributed by atoms with Crippen molar-refractivity contribution in [3.8, 4) is 5.75 Å². The molecule has 0 fully saturated rings. The molecule has 1 aromatic carbocycles. The van der Waals surface area contributed by atoms with Crippen LogP contribution in [-0.2, 0) is 4.74 Å². The summed E-state index contributed by atoms with van der Waals surface area (Å²) in [5, 5.41) is 0. The molecule has 0 amide bonds. The molecule has 19 heavy (non-hydrogen) atoms. The summed E-state index contributed by atoms with van der Waals surface area (Å²) < 4.78 is 10.7. The molecule has 0 saturated carbocycles. The van der Waals surface area contributed by atoms with E-state index in [1.807, 2.05) is 6.92 Å². The summed E-state index contributed by atoms with van der Waals surface area (Å²) in [5.74, 6) is 0.812. The Labute approximate surface area is 114 Å². The van der Waals surface area contributed by atoms with Gasteiger partial charge < -0.3 is 15.2 Å². The highest BCUT2D eigenvalue weighted by Crippen LogP contribution is 2.25. The smallest absolute Gasteiger partial charge is 0.338 e. The Hall–Kier alpha value is -1.71. The van der Waals surface area contributed by atoms with Crippen LogP contribution >= 0.6 is 0 Å². The van der Waals surface area contributed by atoms with E-state index in [9.17, 15) is 4.79 Å². The Balaban J connectivity index is 2.74. The molecule has 1 aromatic rings. The second-order valence-electron chi connectivity index (χ2n) is 5.03. The number of carbonyl (C=O) groups is 1. The average molecular weight is 265 g/mol. The van der Waals surface area contributed by atoms with E-state index in [-0.39, 0.29) is 12.1 Å². The van der Waals surface area contributed by atoms with Crippen LogP contribution in [0.15, 0.2) is 18.2 Å². The third-order valence-electron chi connectivity index (χ3n) is 2.65. The summed E-state index contributed by atoms with van der Waals surface area (Å²) in [4.78, 5) is 11.6. The summed E-state index contributed by atoms with van der Waals surface area (Å²) >= 11 is 0. The van der Waals surface area contributed by atoms with Crippen LogP contribution in [0.2, 0.25) is 0 Å². The Bertz CT molecular complexity index is 429. The molecular weight excluding hydrogens is 242 g/mol. The number of nitrogens with two attached hydrogens (primary N) is 1. The molecule has 0 spiro atoms. The molecule has 0 aliphatic heterocycles. The van der Waals surface area contributed by atoms with E-state index in [0.29, 0.717) is 29.5 Å². The molecule has 0 aromatic heterocycles. The number of esters is 1. The summed E-state index contributed by atoms with van der Waals surface area (Å²) in [6.07, 6.45) is 1.05. The van der Waals surface area contributed by atoms with Gasteiger partial charge in [0.2, 0.25) is 0 Å². The van der Waals surface area contributed by atoms with E-state index in [1.165, 1.54) is 0 Å².